The SMILES string of the molecule is c1cnc(Nc2cncc([C@@H]3CCCN(c4cnccn4)C3)n2)cn1. The van der Waals surface area contributed by atoms with E-state index in [1.54, 1.807) is 43.4 Å². The summed E-state index contributed by atoms with van der Waals surface area (Å²) in [5.74, 6) is 2.55. The molecule has 4 rings (SSSR count). The molecule has 8 nitrogen and oxygen atoms in total. The number of nitrogens with zero attached hydrogens (tertiary/aromatic N) is 7. The van der Waals surface area contributed by atoms with Crippen LogP contribution in [0.25, 0.3) is 0 Å². The van der Waals surface area contributed by atoms with Crippen molar-refractivity contribution in [3.63, 3.8) is 0 Å². The van der Waals surface area contributed by atoms with Gasteiger partial charge in [-0.2, -0.15) is 0 Å². The second-order valence-electron chi connectivity index (χ2n) is 5.89. The molecule has 25 heavy (non-hydrogen) atoms. The Morgan fingerprint density at radius 3 is 2.52 bits per heavy atom. The average molecular weight is 334 g/mol. The van der Waals surface area contributed by atoms with E-state index in [1.165, 1.54) is 0 Å². The summed E-state index contributed by atoms with van der Waals surface area (Å²) in [6, 6.07) is 0. The number of rotatable bonds is 4. The maximum absolute atomic E-state index is 4.72. The normalized spacial score (nSPS) is 17.3. The van der Waals surface area contributed by atoms with Crippen molar-refractivity contribution in [1.82, 2.24) is 29.9 Å². The van der Waals surface area contributed by atoms with Crippen molar-refractivity contribution >= 4 is 17.5 Å². The van der Waals surface area contributed by atoms with Crippen LogP contribution in [0.3, 0.4) is 0 Å². The van der Waals surface area contributed by atoms with Crippen LogP contribution in [0, 0.1) is 0 Å². The molecule has 0 aromatic carbocycles. The summed E-state index contributed by atoms with van der Waals surface area (Å²) in [6.07, 6.45) is 15.9. The van der Waals surface area contributed by atoms with Crippen LogP contribution in [0.15, 0.2) is 49.6 Å². The van der Waals surface area contributed by atoms with E-state index in [1.807, 2.05) is 6.20 Å². The van der Waals surface area contributed by atoms with Crippen LogP contribution in [0.4, 0.5) is 17.5 Å². The third-order valence-corrected chi connectivity index (χ3v) is 4.19. The van der Waals surface area contributed by atoms with Gasteiger partial charge in [0.2, 0.25) is 0 Å². The third-order valence-electron chi connectivity index (χ3n) is 4.19. The first kappa shape index (κ1) is 15.4. The Kier molecular flexibility index (Phi) is 4.40. The van der Waals surface area contributed by atoms with Crippen LogP contribution in [-0.4, -0.2) is 43.0 Å². The van der Waals surface area contributed by atoms with Gasteiger partial charge in [-0.3, -0.25) is 15.0 Å². The summed E-state index contributed by atoms with van der Waals surface area (Å²) in [6.45, 7) is 1.85. The first-order chi connectivity index (χ1) is 12.4. The van der Waals surface area contributed by atoms with E-state index >= 15 is 0 Å². The summed E-state index contributed by atoms with van der Waals surface area (Å²) in [4.78, 5) is 28.1. The number of piperidine rings is 1. The standard InChI is InChI=1S/C17H18N8/c1-2-13(12-25(7-1)17-11-19-4-6-22-17)14-8-20-10-16(23-14)24-15-9-18-3-5-21-15/h3-6,8-11,13H,1-2,7,12H2,(H,21,23,24)/t13-/m1/s1. The second-order valence-corrected chi connectivity index (χ2v) is 5.89. The Labute approximate surface area is 145 Å². The molecule has 1 atom stereocenters. The van der Waals surface area contributed by atoms with Crippen molar-refractivity contribution in [3.05, 3.63) is 55.3 Å². The Bertz CT molecular complexity index is 811. The number of aromatic nitrogens is 6. The first-order valence-corrected chi connectivity index (χ1v) is 8.24. The molecule has 1 N–H and O–H groups in total. The highest BCUT2D eigenvalue weighted by atomic mass is 15.2. The van der Waals surface area contributed by atoms with Gasteiger partial charge in [-0.1, -0.05) is 0 Å². The highest BCUT2D eigenvalue weighted by Crippen LogP contribution is 2.28. The quantitative estimate of drug-likeness (QED) is 0.776. The maximum atomic E-state index is 4.72. The lowest BCUT2D eigenvalue weighted by molar-refractivity contribution is 0.497. The van der Waals surface area contributed by atoms with E-state index in [0.717, 1.165) is 37.4 Å². The largest absolute Gasteiger partial charge is 0.355 e. The fourth-order valence-electron chi connectivity index (χ4n) is 3.01. The summed E-state index contributed by atoms with van der Waals surface area (Å²) in [7, 11) is 0. The van der Waals surface area contributed by atoms with Gasteiger partial charge in [-0.25, -0.2) is 15.0 Å². The molecular weight excluding hydrogens is 316 g/mol. The van der Waals surface area contributed by atoms with Crippen LogP contribution in [0.1, 0.15) is 24.5 Å². The van der Waals surface area contributed by atoms with Crippen LogP contribution >= 0.6 is 0 Å². The van der Waals surface area contributed by atoms with Gasteiger partial charge in [-0.05, 0) is 12.8 Å². The van der Waals surface area contributed by atoms with Gasteiger partial charge in [0, 0.05) is 50.0 Å². The Balaban J connectivity index is 1.50. The van der Waals surface area contributed by atoms with Crippen molar-refractivity contribution in [1.29, 1.82) is 0 Å². The van der Waals surface area contributed by atoms with E-state index in [4.69, 9.17) is 4.98 Å². The van der Waals surface area contributed by atoms with E-state index in [2.05, 4.69) is 35.1 Å². The smallest absolute Gasteiger partial charge is 0.150 e. The average Bonchev–Trinajstić information content (AvgIpc) is 2.70. The Morgan fingerprint density at radius 1 is 0.880 bits per heavy atom. The highest BCUT2D eigenvalue weighted by Gasteiger charge is 2.23. The molecule has 1 aliphatic rings. The van der Waals surface area contributed by atoms with E-state index < -0.39 is 0 Å². The van der Waals surface area contributed by atoms with Crippen molar-refractivity contribution in [2.75, 3.05) is 23.3 Å². The van der Waals surface area contributed by atoms with Crippen molar-refractivity contribution in [3.8, 4) is 0 Å². The number of anilines is 3. The zero-order valence-electron chi connectivity index (χ0n) is 13.7. The minimum Gasteiger partial charge on any atom is -0.355 e. The Hall–Kier alpha value is -3.16. The lowest BCUT2D eigenvalue weighted by Crippen LogP contribution is -2.35. The van der Waals surface area contributed by atoms with Crippen LogP contribution in [0.2, 0.25) is 0 Å². The van der Waals surface area contributed by atoms with Crippen molar-refractivity contribution in [2.45, 2.75) is 18.8 Å². The molecule has 1 saturated heterocycles. The van der Waals surface area contributed by atoms with Gasteiger partial charge in [0.25, 0.3) is 0 Å². The molecule has 3 aromatic heterocycles. The lowest BCUT2D eigenvalue weighted by atomic mass is 9.95. The molecule has 4 heterocycles. The molecule has 8 heteroatoms. The summed E-state index contributed by atoms with van der Waals surface area (Å²) in [5.41, 5.74) is 0.975. The van der Waals surface area contributed by atoms with E-state index in [-0.39, 0.29) is 0 Å². The summed E-state index contributed by atoms with van der Waals surface area (Å²) >= 11 is 0. The zero-order chi connectivity index (χ0) is 16.9. The molecular formula is C17H18N8. The molecule has 1 aliphatic heterocycles. The van der Waals surface area contributed by atoms with Gasteiger partial charge in [0.05, 0.1) is 24.3 Å². The fraction of sp³-hybridized carbons (Fsp3) is 0.294. The maximum Gasteiger partial charge on any atom is 0.150 e. The molecule has 0 spiro atoms. The molecule has 0 unspecified atom stereocenters. The lowest BCUT2D eigenvalue weighted by Gasteiger charge is -2.33. The van der Waals surface area contributed by atoms with Gasteiger partial charge < -0.3 is 10.2 Å². The van der Waals surface area contributed by atoms with Crippen molar-refractivity contribution in [2.24, 2.45) is 0 Å². The minimum absolute atomic E-state index is 0.312. The van der Waals surface area contributed by atoms with E-state index in [0.29, 0.717) is 17.6 Å². The van der Waals surface area contributed by atoms with Crippen LogP contribution in [0.5, 0.6) is 0 Å². The van der Waals surface area contributed by atoms with E-state index in [9.17, 15) is 0 Å². The summed E-state index contributed by atoms with van der Waals surface area (Å²) in [5, 5.41) is 3.14. The van der Waals surface area contributed by atoms with Crippen LogP contribution in [-0.2, 0) is 0 Å². The predicted molar refractivity (Wildman–Crippen MR) is 93.6 cm³/mol. The molecule has 3 aromatic rings. The summed E-state index contributed by atoms with van der Waals surface area (Å²) < 4.78 is 0. The predicted octanol–water partition coefficient (Wildman–Crippen LogP) is 2.18. The topological polar surface area (TPSA) is 92.6 Å². The molecule has 0 aliphatic carbocycles. The molecule has 0 amide bonds. The van der Waals surface area contributed by atoms with Gasteiger partial charge in [-0.15, -0.1) is 0 Å². The van der Waals surface area contributed by atoms with Crippen LogP contribution < -0.4 is 10.2 Å². The minimum atomic E-state index is 0.312. The monoisotopic (exact) mass is 334 g/mol. The second kappa shape index (κ2) is 7.16. The molecule has 0 saturated carbocycles. The van der Waals surface area contributed by atoms with Gasteiger partial charge in [0.15, 0.2) is 0 Å². The third kappa shape index (κ3) is 3.68. The fourth-order valence-corrected chi connectivity index (χ4v) is 3.01. The first-order valence-electron chi connectivity index (χ1n) is 8.24. The van der Waals surface area contributed by atoms with Crippen molar-refractivity contribution < 1.29 is 0 Å². The molecule has 126 valence electrons. The number of hydrogen-bond acceptors (Lipinski definition) is 8. The Morgan fingerprint density at radius 2 is 1.72 bits per heavy atom. The number of hydrogen-bond donors (Lipinski definition) is 1. The molecule has 1 fully saturated rings. The van der Waals surface area contributed by atoms with Gasteiger partial charge in [0.1, 0.15) is 17.5 Å². The zero-order valence-corrected chi connectivity index (χ0v) is 13.7. The molecule has 0 radical (unpaired) electrons. The number of nitrogens with one attached hydrogen (secondary N) is 1. The highest BCUT2D eigenvalue weighted by molar-refractivity contribution is 5.49. The van der Waals surface area contributed by atoms with Gasteiger partial charge >= 0.3 is 0 Å². The molecule has 0 bridgehead atoms.